The zero-order chi connectivity index (χ0) is 14.5. The van der Waals surface area contributed by atoms with Gasteiger partial charge in [-0.15, -0.1) is 0 Å². The van der Waals surface area contributed by atoms with Gasteiger partial charge in [0, 0.05) is 26.4 Å². The predicted octanol–water partition coefficient (Wildman–Crippen LogP) is 1.20. The number of carboxylic acids is 1. The van der Waals surface area contributed by atoms with Gasteiger partial charge in [0.25, 0.3) is 5.91 Å². The molecule has 0 fully saturated rings. The van der Waals surface area contributed by atoms with Gasteiger partial charge >= 0.3 is 5.97 Å². The molecule has 1 aromatic heterocycles. The Bertz CT molecular complexity index is 537. The van der Waals surface area contributed by atoms with Crippen LogP contribution in [-0.2, 0) is 4.74 Å². The van der Waals surface area contributed by atoms with Crippen molar-refractivity contribution in [2.75, 3.05) is 26.8 Å². The molecule has 0 bridgehead atoms. The van der Waals surface area contributed by atoms with Crippen LogP contribution in [0.5, 0.6) is 0 Å². The highest BCUT2D eigenvalue weighted by Crippen LogP contribution is 2.13. The molecule has 1 amide bonds. The maximum atomic E-state index is 12.2. The number of aromatic nitrogens is 1. The van der Waals surface area contributed by atoms with Gasteiger partial charge in [-0.1, -0.05) is 6.08 Å². The molecule has 0 spiro atoms. The van der Waals surface area contributed by atoms with Crippen LogP contribution in [0, 0.1) is 0 Å². The summed E-state index contributed by atoms with van der Waals surface area (Å²) in [5, 5.41) is 8.79. The van der Waals surface area contributed by atoms with Gasteiger partial charge in [0.05, 0.1) is 12.2 Å². The van der Waals surface area contributed by atoms with Gasteiger partial charge in [-0.05, 0) is 24.1 Å². The standard InChI is InChI=1S/C14H16N2O4/c1-20-9-10-4-6-16(7-5-10)13(17)12-3-2-11(8-15-12)14(18)19/h2-4,8H,5-7,9H2,1H3,(H,18,19). The minimum Gasteiger partial charge on any atom is -0.478 e. The van der Waals surface area contributed by atoms with Crippen molar-refractivity contribution >= 4 is 11.9 Å². The van der Waals surface area contributed by atoms with E-state index < -0.39 is 5.97 Å². The van der Waals surface area contributed by atoms with E-state index in [0.29, 0.717) is 19.7 Å². The van der Waals surface area contributed by atoms with Crippen molar-refractivity contribution in [1.82, 2.24) is 9.88 Å². The average molecular weight is 276 g/mol. The van der Waals surface area contributed by atoms with Crippen molar-refractivity contribution < 1.29 is 19.4 Å². The molecule has 1 aliphatic heterocycles. The molecule has 2 heterocycles. The lowest BCUT2D eigenvalue weighted by molar-refractivity contribution is 0.0693. The van der Waals surface area contributed by atoms with Crippen molar-refractivity contribution in [2.24, 2.45) is 0 Å². The van der Waals surface area contributed by atoms with Gasteiger partial charge in [-0.25, -0.2) is 4.79 Å². The lowest BCUT2D eigenvalue weighted by Gasteiger charge is -2.26. The summed E-state index contributed by atoms with van der Waals surface area (Å²) in [5.41, 5.74) is 1.52. The van der Waals surface area contributed by atoms with Crippen LogP contribution in [0.25, 0.3) is 0 Å². The highest BCUT2D eigenvalue weighted by Gasteiger charge is 2.19. The number of nitrogens with zero attached hydrogens (tertiary/aromatic N) is 2. The maximum absolute atomic E-state index is 12.2. The topological polar surface area (TPSA) is 79.7 Å². The molecule has 0 radical (unpaired) electrons. The van der Waals surface area contributed by atoms with Crippen molar-refractivity contribution in [3.63, 3.8) is 0 Å². The number of ether oxygens (including phenoxy) is 1. The summed E-state index contributed by atoms with van der Waals surface area (Å²) in [6.07, 6.45) is 3.97. The summed E-state index contributed by atoms with van der Waals surface area (Å²) >= 11 is 0. The number of aromatic carboxylic acids is 1. The number of pyridine rings is 1. The van der Waals surface area contributed by atoms with Crippen molar-refractivity contribution in [2.45, 2.75) is 6.42 Å². The average Bonchev–Trinajstić information content (AvgIpc) is 2.48. The van der Waals surface area contributed by atoms with Crippen molar-refractivity contribution in [3.05, 3.63) is 41.2 Å². The van der Waals surface area contributed by atoms with Gasteiger partial charge < -0.3 is 14.7 Å². The molecule has 20 heavy (non-hydrogen) atoms. The van der Waals surface area contributed by atoms with Crippen LogP contribution in [0.15, 0.2) is 30.0 Å². The van der Waals surface area contributed by atoms with E-state index in [1.54, 1.807) is 12.0 Å². The molecule has 0 saturated heterocycles. The number of hydrogen-bond acceptors (Lipinski definition) is 4. The highest BCUT2D eigenvalue weighted by molar-refractivity contribution is 5.94. The quantitative estimate of drug-likeness (QED) is 0.836. The summed E-state index contributed by atoms with van der Waals surface area (Å²) < 4.78 is 5.06. The third-order valence-corrected chi connectivity index (χ3v) is 3.15. The first kappa shape index (κ1) is 14.2. The molecule has 6 heteroatoms. The molecular weight excluding hydrogens is 260 g/mol. The first-order valence-electron chi connectivity index (χ1n) is 6.27. The second-order valence-electron chi connectivity index (χ2n) is 4.53. The molecule has 1 aliphatic rings. The molecular formula is C14H16N2O4. The Balaban J connectivity index is 2.03. The molecule has 1 N–H and O–H groups in total. The lowest BCUT2D eigenvalue weighted by Crippen LogP contribution is -2.35. The number of amides is 1. The third-order valence-electron chi connectivity index (χ3n) is 3.15. The molecule has 0 unspecified atom stereocenters. The van der Waals surface area contributed by atoms with Gasteiger partial charge in [-0.3, -0.25) is 9.78 Å². The van der Waals surface area contributed by atoms with E-state index in [1.165, 1.54) is 23.9 Å². The zero-order valence-electron chi connectivity index (χ0n) is 11.2. The largest absolute Gasteiger partial charge is 0.478 e. The number of carbonyl (C=O) groups is 2. The van der Waals surface area contributed by atoms with Crippen LogP contribution in [0.3, 0.4) is 0 Å². The first-order valence-corrected chi connectivity index (χ1v) is 6.27. The van der Waals surface area contributed by atoms with E-state index in [9.17, 15) is 9.59 Å². The van der Waals surface area contributed by atoms with E-state index >= 15 is 0 Å². The fraction of sp³-hybridized carbons (Fsp3) is 0.357. The Morgan fingerprint density at radius 1 is 1.45 bits per heavy atom. The summed E-state index contributed by atoms with van der Waals surface area (Å²) in [6, 6.07) is 2.83. The molecule has 0 atom stereocenters. The van der Waals surface area contributed by atoms with Crippen molar-refractivity contribution in [3.8, 4) is 0 Å². The monoisotopic (exact) mass is 276 g/mol. The number of hydrogen-bond donors (Lipinski definition) is 1. The van der Waals surface area contributed by atoms with Gasteiger partial charge in [0.2, 0.25) is 0 Å². The van der Waals surface area contributed by atoms with Crippen molar-refractivity contribution in [1.29, 1.82) is 0 Å². The molecule has 6 nitrogen and oxygen atoms in total. The summed E-state index contributed by atoms with van der Waals surface area (Å²) in [4.78, 5) is 28.5. The second kappa shape index (κ2) is 6.29. The Hall–Kier alpha value is -2.21. The first-order chi connectivity index (χ1) is 9.61. The van der Waals surface area contributed by atoms with Gasteiger partial charge in [0.1, 0.15) is 5.69 Å². The van der Waals surface area contributed by atoms with Crippen LogP contribution in [0.4, 0.5) is 0 Å². The molecule has 0 aromatic carbocycles. The summed E-state index contributed by atoms with van der Waals surface area (Å²) in [7, 11) is 1.65. The number of methoxy groups -OCH3 is 1. The molecule has 106 valence electrons. The minimum absolute atomic E-state index is 0.0717. The number of carboxylic acid groups (broad SMARTS) is 1. The maximum Gasteiger partial charge on any atom is 0.337 e. The van der Waals surface area contributed by atoms with Crippen LogP contribution in [-0.4, -0.2) is 53.7 Å². The number of carbonyl (C=O) groups excluding carboxylic acids is 1. The van der Waals surface area contributed by atoms with Crippen LogP contribution in [0.1, 0.15) is 27.3 Å². The van der Waals surface area contributed by atoms with Crippen LogP contribution < -0.4 is 0 Å². The lowest BCUT2D eigenvalue weighted by atomic mass is 10.1. The number of rotatable bonds is 4. The summed E-state index contributed by atoms with van der Waals surface area (Å²) in [6.45, 7) is 1.74. The normalized spacial score (nSPS) is 14.8. The minimum atomic E-state index is -1.05. The van der Waals surface area contributed by atoms with E-state index in [-0.39, 0.29) is 17.2 Å². The fourth-order valence-electron chi connectivity index (χ4n) is 2.02. The smallest absolute Gasteiger partial charge is 0.337 e. The Morgan fingerprint density at radius 2 is 2.25 bits per heavy atom. The molecule has 1 aromatic rings. The highest BCUT2D eigenvalue weighted by atomic mass is 16.5. The van der Waals surface area contributed by atoms with Crippen LogP contribution in [0.2, 0.25) is 0 Å². The Morgan fingerprint density at radius 3 is 2.75 bits per heavy atom. The van der Waals surface area contributed by atoms with E-state index in [1.807, 2.05) is 6.08 Å². The molecule has 2 rings (SSSR count). The second-order valence-corrected chi connectivity index (χ2v) is 4.53. The molecule has 0 saturated carbocycles. The van der Waals surface area contributed by atoms with E-state index in [2.05, 4.69) is 4.98 Å². The predicted molar refractivity (Wildman–Crippen MR) is 71.7 cm³/mol. The van der Waals surface area contributed by atoms with Gasteiger partial charge in [0.15, 0.2) is 0 Å². The van der Waals surface area contributed by atoms with E-state index in [0.717, 1.165) is 6.42 Å². The SMILES string of the molecule is COCC1=CCN(C(=O)c2ccc(C(=O)O)cn2)CC1. The fourth-order valence-corrected chi connectivity index (χ4v) is 2.02. The Kier molecular flexibility index (Phi) is 4.47. The summed E-state index contributed by atoms with van der Waals surface area (Å²) in [5.74, 6) is -1.24. The third kappa shape index (κ3) is 3.21. The van der Waals surface area contributed by atoms with Crippen LogP contribution >= 0.6 is 0 Å². The molecule has 0 aliphatic carbocycles. The zero-order valence-corrected chi connectivity index (χ0v) is 11.2. The Labute approximate surface area is 116 Å². The van der Waals surface area contributed by atoms with E-state index in [4.69, 9.17) is 9.84 Å². The van der Waals surface area contributed by atoms with Gasteiger partial charge in [-0.2, -0.15) is 0 Å².